The number of rotatable bonds is 3. The highest BCUT2D eigenvalue weighted by molar-refractivity contribution is 7.15. The molecule has 0 amide bonds. The van der Waals surface area contributed by atoms with E-state index in [0.717, 1.165) is 23.5 Å². The van der Waals surface area contributed by atoms with Gasteiger partial charge in [0.15, 0.2) is 0 Å². The van der Waals surface area contributed by atoms with Crippen LogP contribution in [0.15, 0.2) is 18.3 Å². The molecule has 2 heterocycles. The molecule has 0 aromatic carbocycles. The number of aromatic nitrogens is 2. The Kier molecular flexibility index (Phi) is 3.34. The minimum absolute atomic E-state index is 0.971. The zero-order valence-electron chi connectivity index (χ0n) is 9.95. The molecule has 3 heteroatoms. The molecule has 0 saturated carbocycles. The Balaban J connectivity index is 2.41. The third-order valence-corrected chi connectivity index (χ3v) is 3.72. The maximum Gasteiger partial charge on any atom is 0.123 e. The van der Waals surface area contributed by atoms with E-state index >= 15 is 0 Å². The van der Waals surface area contributed by atoms with Gasteiger partial charge >= 0.3 is 0 Å². The quantitative estimate of drug-likeness (QED) is 0.807. The molecule has 0 aliphatic carbocycles. The number of pyridine rings is 1. The highest BCUT2D eigenvalue weighted by Gasteiger charge is 2.08. The zero-order valence-corrected chi connectivity index (χ0v) is 10.8. The van der Waals surface area contributed by atoms with Crippen LogP contribution in [-0.4, -0.2) is 9.97 Å². The van der Waals surface area contributed by atoms with Gasteiger partial charge in [0.2, 0.25) is 0 Å². The van der Waals surface area contributed by atoms with Gasteiger partial charge in [-0.3, -0.25) is 4.98 Å². The summed E-state index contributed by atoms with van der Waals surface area (Å²) in [4.78, 5) is 10.3. The fourth-order valence-corrected chi connectivity index (χ4v) is 2.68. The molecule has 0 aliphatic heterocycles. The lowest BCUT2D eigenvalue weighted by molar-refractivity contribution is 1.03. The summed E-state index contributed by atoms with van der Waals surface area (Å²) in [5.41, 5.74) is 3.54. The summed E-state index contributed by atoms with van der Waals surface area (Å²) in [5, 5.41) is 1.12. The minimum Gasteiger partial charge on any atom is -0.261 e. The van der Waals surface area contributed by atoms with Crippen LogP contribution in [-0.2, 0) is 12.8 Å². The van der Waals surface area contributed by atoms with Crippen molar-refractivity contribution in [3.05, 3.63) is 34.6 Å². The molecule has 0 bridgehead atoms. The van der Waals surface area contributed by atoms with Gasteiger partial charge in [-0.05, 0) is 31.9 Å². The second kappa shape index (κ2) is 4.74. The molecule has 0 spiro atoms. The fourth-order valence-electron chi connectivity index (χ4n) is 1.68. The number of thiazole rings is 1. The molecule has 0 unspecified atom stereocenters. The van der Waals surface area contributed by atoms with Gasteiger partial charge in [0.05, 0.1) is 5.69 Å². The largest absolute Gasteiger partial charge is 0.261 e. The lowest BCUT2D eigenvalue weighted by Gasteiger charge is -1.98. The molecule has 0 atom stereocenters. The maximum absolute atomic E-state index is 4.66. The average Bonchev–Trinajstić information content (AvgIpc) is 2.71. The van der Waals surface area contributed by atoms with E-state index in [1.807, 2.05) is 12.3 Å². The summed E-state index contributed by atoms with van der Waals surface area (Å²) < 4.78 is 0. The summed E-state index contributed by atoms with van der Waals surface area (Å²) in [6, 6.07) is 4.18. The Bertz CT molecular complexity index is 488. The fraction of sp³-hybridized carbons (Fsp3) is 0.385. The van der Waals surface area contributed by atoms with Crippen LogP contribution in [0.2, 0.25) is 0 Å². The second-order valence-corrected chi connectivity index (χ2v) is 4.97. The molecule has 2 aromatic heterocycles. The average molecular weight is 232 g/mol. The molecule has 16 heavy (non-hydrogen) atoms. The van der Waals surface area contributed by atoms with Crippen LogP contribution in [0.25, 0.3) is 10.6 Å². The number of nitrogens with zero attached hydrogens (tertiary/aromatic N) is 2. The molecule has 0 aliphatic rings. The smallest absolute Gasteiger partial charge is 0.123 e. The van der Waals surface area contributed by atoms with Crippen molar-refractivity contribution in [1.82, 2.24) is 9.97 Å². The summed E-state index contributed by atoms with van der Waals surface area (Å²) in [6.07, 6.45) is 3.85. The first-order chi connectivity index (χ1) is 7.74. The van der Waals surface area contributed by atoms with E-state index < -0.39 is 0 Å². The van der Waals surface area contributed by atoms with Crippen LogP contribution in [0, 0.1) is 6.92 Å². The monoisotopic (exact) mass is 232 g/mol. The first kappa shape index (κ1) is 11.3. The Labute approximate surface area is 100 Å². The SMILES string of the molecule is CCc1cc(-c2nc(CC)c(C)s2)ccn1. The molecule has 2 aromatic rings. The van der Waals surface area contributed by atoms with E-state index in [1.165, 1.54) is 16.1 Å². The van der Waals surface area contributed by atoms with Gasteiger partial charge in [0.25, 0.3) is 0 Å². The molecule has 0 saturated heterocycles. The van der Waals surface area contributed by atoms with Gasteiger partial charge in [0, 0.05) is 22.3 Å². The third kappa shape index (κ3) is 2.14. The van der Waals surface area contributed by atoms with Crippen molar-refractivity contribution >= 4 is 11.3 Å². The Morgan fingerprint density at radius 1 is 1.25 bits per heavy atom. The Morgan fingerprint density at radius 3 is 2.69 bits per heavy atom. The second-order valence-electron chi connectivity index (χ2n) is 3.76. The molecule has 0 fully saturated rings. The lowest BCUT2D eigenvalue weighted by atomic mass is 10.2. The topological polar surface area (TPSA) is 25.8 Å². The number of aryl methyl sites for hydroxylation is 3. The van der Waals surface area contributed by atoms with Crippen LogP contribution < -0.4 is 0 Å². The van der Waals surface area contributed by atoms with Crippen molar-refractivity contribution in [1.29, 1.82) is 0 Å². The van der Waals surface area contributed by atoms with E-state index in [-0.39, 0.29) is 0 Å². The molecule has 0 N–H and O–H groups in total. The zero-order chi connectivity index (χ0) is 11.5. The van der Waals surface area contributed by atoms with Crippen LogP contribution in [0.5, 0.6) is 0 Å². The standard InChI is InChI=1S/C13H16N2S/c1-4-11-8-10(6-7-14-11)13-15-12(5-2)9(3)16-13/h6-8H,4-5H2,1-3H3. The van der Waals surface area contributed by atoms with Crippen molar-refractivity contribution in [3.63, 3.8) is 0 Å². The predicted octanol–water partition coefficient (Wildman–Crippen LogP) is 3.64. The van der Waals surface area contributed by atoms with Gasteiger partial charge in [-0.2, -0.15) is 0 Å². The number of hydrogen-bond donors (Lipinski definition) is 0. The van der Waals surface area contributed by atoms with Crippen molar-refractivity contribution in [2.24, 2.45) is 0 Å². The molecule has 2 rings (SSSR count). The van der Waals surface area contributed by atoms with Crippen LogP contribution in [0.1, 0.15) is 30.1 Å². The summed E-state index contributed by atoms with van der Waals surface area (Å²) >= 11 is 1.77. The van der Waals surface area contributed by atoms with Crippen LogP contribution in [0.3, 0.4) is 0 Å². The molecular formula is C13H16N2S. The van der Waals surface area contributed by atoms with Crippen LogP contribution in [0.4, 0.5) is 0 Å². The van der Waals surface area contributed by atoms with Gasteiger partial charge in [-0.25, -0.2) is 4.98 Å². The van der Waals surface area contributed by atoms with E-state index in [4.69, 9.17) is 0 Å². The molecule has 2 nitrogen and oxygen atoms in total. The lowest BCUT2D eigenvalue weighted by Crippen LogP contribution is -1.87. The predicted molar refractivity (Wildman–Crippen MR) is 68.8 cm³/mol. The molecule has 84 valence electrons. The Hall–Kier alpha value is -1.22. The van der Waals surface area contributed by atoms with E-state index in [2.05, 4.69) is 36.8 Å². The minimum atomic E-state index is 0.971. The van der Waals surface area contributed by atoms with Crippen molar-refractivity contribution < 1.29 is 0 Å². The summed E-state index contributed by atoms with van der Waals surface area (Å²) in [6.45, 7) is 6.41. The van der Waals surface area contributed by atoms with E-state index in [0.29, 0.717) is 0 Å². The third-order valence-electron chi connectivity index (χ3n) is 2.65. The van der Waals surface area contributed by atoms with E-state index in [1.54, 1.807) is 11.3 Å². The molecular weight excluding hydrogens is 216 g/mol. The highest BCUT2D eigenvalue weighted by Crippen LogP contribution is 2.27. The first-order valence-electron chi connectivity index (χ1n) is 5.66. The van der Waals surface area contributed by atoms with Crippen LogP contribution >= 0.6 is 11.3 Å². The maximum atomic E-state index is 4.66. The summed E-state index contributed by atoms with van der Waals surface area (Å²) in [5.74, 6) is 0. The van der Waals surface area contributed by atoms with E-state index in [9.17, 15) is 0 Å². The number of hydrogen-bond acceptors (Lipinski definition) is 3. The summed E-state index contributed by atoms with van der Waals surface area (Å²) in [7, 11) is 0. The molecule has 0 radical (unpaired) electrons. The highest BCUT2D eigenvalue weighted by atomic mass is 32.1. The van der Waals surface area contributed by atoms with Crippen molar-refractivity contribution in [2.45, 2.75) is 33.6 Å². The normalized spacial score (nSPS) is 10.7. The van der Waals surface area contributed by atoms with Gasteiger partial charge < -0.3 is 0 Å². The van der Waals surface area contributed by atoms with Gasteiger partial charge in [-0.15, -0.1) is 11.3 Å². The Morgan fingerprint density at radius 2 is 2.06 bits per heavy atom. The van der Waals surface area contributed by atoms with Crippen molar-refractivity contribution in [2.75, 3.05) is 0 Å². The van der Waals surface area contributed by atoms with Gasteiger partial charge in [-0.1, -0.05) is 13.8 Å². The first-order valence-corrected chi connectivity index (χ1v) is 6.47. The van der Waals surface area contributed by atoms with Crippen molar-refractivity contribution in [3.8, 4) is 10.6 Å². The van der Waals surface area contributed by atoms with Gasteiger partial charge in [0.1, 0.15) is 5.01 Å².